The number of ether oxygens (including phenoxy) is 2. The molecule has 2 amide bonds. The van der Waals surface area contributed by atoms with Gasteiger partial charge in [-0.2, -0.15) is 0 Å². The van der Waals surface area contributed by atoms with E-state index in [1.165, 1.54) is 18.6 Å². The smallest absolute Gasteiger partial charge is 0.243 e. The van der Waals surface area contributed by atoms with Gasteiger partial charge in [0.15, 0.2) is 11.5 Å². The van der Waals surface area contributed by atoms with Crippen LogP contribution in [0.2, 0.25) is 0 Å². The lowest BCUT2D eigenvalue weighted by Crippen LogP contribution is -2.52. The number of benzene rings is 3. The Bertz CT molecular complexity index is 1260. The molecule has 0 aromatic heterocycles. The SMILES string of the molecule is O=C(NC1CCCCC1)C(Cc1ccccc1)N(Cc1ccc(F)cc1)C(=O)CCc1ccc2c(c1)OCO2. The Morgan fingerprint density at radius 2 is 1.59 bits per heavy atom. The van der Waals surface area contributed by atoms with Gasteiger partial charge in [-0.25, -0.2) is 4.39 Å². The fourth-order valence-electron chi connectivity index (χ4n) is 5.38. The van der Waals surface area contributed by atoms with Crippen LogP contribution in [0.3, 0.4) is 0 Å². The van der Waals surface area contributed by atoms with Gasteiger partial charge in [0.2, 0.25) is 18.6 Å². The maximum atomic E-state index is 13.9. The van der Waals surface area contributed by atoms with Crippen LogP contribution in [0.25, 0.3) is 0 Å². The van der Waals surface area contributed by atoms with E-state index in [2.05, 4.69) is 5.32 Å². The number of amides is 2. The average Bonchev–Trinajstić information content (AvgIpc) is 3.44. The molecule has 6 nitrogen and oxygen atoms in total. The van der Waals surface area contributed by atoms with Gasteiger partial charge < -0.3 is 19.7 Å². The van der Waals surface area contributed by atoms with Crippen molar-refractivity contribution in [1.82, 2.24) is 10.2 Å². The Morgan fingerprint density at radius 3 is 2.36 bits per heavy atom. The van der Waals surface area contributed by atoms with Gasteiger partial charge in [-0.05, 0) is 60.2 Å². The first-order valence-corrected chi connectivity index (χ1v) is 13.8. The van der Waals surface area contributed by atoms with Gasteiger partial charge in [-0.1, -0.05) is 67.8 Å². The monoisotopic (exact) mass is 530 g/mol. The molecule has 1 aliphatic heterocycles. The number of hydrogen-bond donors (Lipinski definition) is 1. The first-order chi connectivity index (χ1) is 19.0. The number of halogens is 1. The Morgan fingerprint density at radius 1 is 0.872 bits per heavy atom. The molecule has 3 aromatic carbocycles. The van der Waals surface area contributed by atoms with Crippen molar-refractivity contribution in [2.24, 2.45) is 0 Å². The summed E-state index contributed by atoms with van der Waals surface area (Å²) in [7, 11) is 0. The zero-order valence-electron chi connectivity index (χ0n) is 22.1. The van der Waals surface area contributed by atoms with Crippen molar-refractivity contribution in [1.29, 1.82) is 0 Å². The molecule has 0 saturated heterocycles. The van der Waals surface area contributed by atoms with E-state index in [0.717, 1.165) is 42.4 Å². The second kappa shape index (κ2) is 12.8. The molecule has 204 valence electrons. The number of aryl methyl sites for hydroxylation is 1. The van der Waals surface area contributed by atoms with Crippen LogP contribution in [0.1, 0.15) is 55.2 Å². The summed E-state index contributed by atoms with van der Waals surface area (Å²) >= 11 is 0. The lowest BCUT2D eigenvalue weighted by atomic mass is 9.94. The Hall–Kier alpha value is -3.87. The van der Waals surface area contributed by atoms with Crippen LogP contribution in [0, 0.1) is 5.82 Å². The quantitative estimate of drug-likeness (QED) is 0.372. The van der Waals surface area contributed by atoms with Crippen molar-refractivity contribution in [3.63, 3.8) is 0 Å². The summed E-state index contributed by atoms with van der Waals surface area (Å²) in [4.78, 5) is 29.4. The number of carbonyl (C=O) groups is 2. The fraction of sp³-hybridized carbons (Fsp3) is 0.375. The largest absolute Gasteiger partial charge is 0.454 e. The third-order valence-corrected chi connectivity index (χ3v) is 7.55. The molecular weight excluding hydrogens is 495 g/mol. The number of carbonyl (C=O) groups excluding carboxylic acids is 2. The van der Waals surface area contributed by atoms with Crippen molar-refractivity contribution in [3.8, 4) is 11.5 Å². The van der Waals surface area contributed by atoms with Crippen LogP contribution < -0.4 is 14.8 Å². The van der Waals surface area contributed by atoms with Crippen LogP contribution in [-0.2, 0) is 29.0 Å². The lowest BCUT2D eigenvalue weighted by molar-refractivity contribution is -0.141. The third kappa shape index (κ3) is 7.16. The Balaban J connectivity index is 1.39. The maximum absolute atomic E-state index is 13.9. The van der Waals surface area contributed by atoms with Crippen molar-refractivity contribution < 1.29 is 23.5 Å². The second-order valence-electron chi connectivity index (χ2n) is 10.4. The highest BCUT2D eigenvalue weighted by Crippen LogP contribution is 2.33. The van der Waals surface area contributed by atoms with Gasteiger partial charge >= 0.3 is 0 Å². The van der Waals surface area contributed by atoms with E-state index in [0.29, 0.717) is 24.3 Å². The molecular formula is C32H35FN2O4. The molecule has 1 fully saturated rings. The number of nitrogens with zero attached hydrogens (tertiary/aromatic N) is 1. The predicted octanol–water partition coefficient (Wildman–Crippen LogP) is 5.58. The summed E-state index contributed by atoms with van der Waals surface area (Å²) in [6, 6.07) is 21.0. The maximum Gasteiger partial charge on any atom is 0.243 e. The summed E-state index contributed by atoms with van der Waals surface area (Å²) in [5, 5.41) is 3.25. The van der Waals surface area contributed by atoms with Gasteiger partial charge in [-0.3, -0.25) is 9.59 Å². The van der Waals surface area contributed by atoms with Gasteiger partial charge in [0.25, 0.3) is 0 Å². The van der Waals surface area contributed by atoms with E-state index in [-0.39, 0.29) is 43.4 Å². The highest BCUT2D eigenvalue weighted by molar-refractivity contribution is 5.88. The highest BCUT2D eigenvalue weighted by atomic mass is 19.1. The minimum absolute atomic E-state index is 0.126. The molecule has 1 unspecified atom stereocenters. The highest BCUT2D eigenvalue weighted by Gasteiger charge is 2.32. The average molecular weight is 531 g/mol. The molecule has 1 heterocycles. The van der Waals surface area contributed by atoms with Crippen LogP contribution in [0.15, 0.2) is 72.8 Å². The summed E-state index contributed by atoms with van der Waals surface area (Å²) in [5.41, 5.74) is 2.71. The van der Waals surface area contributed by atoms with Crippen molar-refractivity contribution in [2.45, 2.75) is 70.0 Å². The van der Waals surface area contributed by atoms with E-state index in [9.17, 15) is 14.0 Å². The van der Waals surface area contributed by atoms with Crippen LogP contribution in [-0.4, -0.2) is 35.6 Å². The number of nitrogens with one attached hydrogen (secondary N) is 1. The molecule has 0 spiro atoms. The van der Waals surface area contributed by atoms with Crippen molar-refractivity contribution >= 4 is 11.8 Å². The van der Waals surface area contributed by atoms with Gasteiger partial charge in [0.1, 0.15) is 11.9 Å². The first kappa shape index (κ1) is 26.7. The van der Waals surface area contributed by atoms with E-state index < -0.39 is 6.04 Å². The zero-order valence-corrected chi connectivity index (χ0v) is 22.1. The summed E-state index contributed by atoms with van der Waals surface area (Å²) in [5.74, 6) is 0.776. The molecule has 1 atom stereocenters. The molecule has 1 saturated carbocycles. The van der Waals surface area contributed by atoms with Crippen LogP contribution in [0.4, 0.5) is 4.39 Å². The molecule has 2 aliphatic rings. The third-order valence-electron chi connectivity index (χ3n) is 7.55. The van der Waals surface area contributed by atoms with Gasteiger partial charge in [0.05, 0.1) is 0 Å². The number of rotatable bonds is 10. The van der Waals surface area contributed by atoms with Gasteiger partial charge in [-0.15, -0.1) is 0 Å². The minimum Gasteiger partial charge on any atom is -0.454 e. The molecule has 5 rings (SSSR count). The van der Waals surface area contributed by atoms with E-state index in [1.807, 2.05) is 48.5 Å². The van der Waals surface area contributed by atoms with Crippen LogP contribution in [0.5, 0.6) is 11.5 Å². The summed E-state index contributed by atoms with van der Waals surface area (Å²) in [6.45, 7) is 0.413. The topological polar surface area (TPSA) is 67.9 Å². The second-order valence-corrected chi connectivity index (χ2v) is 10.4. The molecule has 39 heavy (non-hydrogen) atoms. The number of hydrogen-bond acceptors (Lipinski definition) is 4. The van der Waals surface area contributed by atoms with E-state index >= 15 is 0 Å². The van der Waals surface area contributed by atoms with Gasteiger partial charge in [0, 0.05) is 25.4 Å². The first-order valence-electron chi connectivity index (χ1n) is 13.8. The Labute approximate surface area is 229 Å². The molecule has 0 radical (unpaired) electrons. The Kier molecular flexibility index (Phi) is 8.76. The molecule has 1 aliphatic carbocycles. The summed E-state index contributed by atoms with van der Waals surface area (Å²) < 4.78 is 24.5. The van der Waals surface area contributed by atoms with E-state index in [4.69, 9.17) is 9.47 Å². The normalized spacial score (nSPS) is 15.5. The van der Waals surface area contributed by atoms with E-state index in [1.54, 1.807) is 17.0 Å². The predicted molar refractivity (Wildman–Crippen MR) is 147 cm³/mol. The summed E-state index contributed by atoms with van der Waals surface area (Å²) in [6.07, 6.45) is 6.43. The lowest BCUT2D eigenvalue weighted by Gasteiger charge is -2.33. The molecule has 1 N–H and O–H groups in total. The minimum atomic E-state index is -0.691. The molecule has 7 heteroatoms. The van der Waals surface area contributed by atoms with Crippen molar-refractivity contribution in [3.05, 3.63) is 95.3 Å². The molecule has 3 aromatic rings. The molecule has 0 bridgehead atoms. The number of fused-ring (bicyclic) bond motifs is 1. The fourth-order valence-corrected chi connectivity index (χ4v) is 5.38. The standard InChI is InChI=1S/C32H35FN2O4/c33-26-15-11-25(12-16-26)21-35(31(36)18-14-24-13-17-29-30(20-24)39-22-38-29)28(19-23-7-3-1-4-8-23)32(37)34-27-9-5-2-6-10-27/h1,3-4,7-8,11-13,15-17,20,27-28H,2,5-6,9-10,14,18-19,21-22H2,(H,34,37). The zero-order chi connectivity index (χ0) is 27.0. The van der Waals surface area contributed by atoms with Crippen molar-refractivity contribution in [2.75, 3.05) is 6.79 Å². The van der Waals surface area contributed by atoms with Crippen LogP contribution >= 0.6 is 0 Å².